The molecule has 3 nitrogen and oxygen atoms in total. The van der Waals surface area contributed by atoms with Crippen molar-refractivity contribution in [3.05, 3.63) is 89.8 Å². The molecule has 3 aromatic rings. The summed E-state index contributed by atoms with van der Waals surface area (Å²) in [5.74, 6) is 0.373. The van der Waals surface area contributed by atoms with Crippen LogP contribution in [0, 0.1) is 5.82 Å². The Hall–Kier alpha value is -3.11. The maximum absolute atomic E-state index is 14.0. The Morgan fingerprint density at radius 2 is 1.75 bits per heavy atom. The molecule has 32 heavy (non-hydrogen) atoms. The van der Waals surface area contributed by atoms with Crippen LogP contribution in [-0.2, 0) is 4.74 Å². The standard InChI is InChI=1S/C28H30FNO2/c1-19(20-8-6-5-7-9-20)32-15-14-22-18-28(2,3)30-26-12-10-21(16-24(22)26)25-17-23(29)11-13-27(25)31-4/h5-13,16-19,30H,14-15H2,1-4H3. The Bertz CT molecular complexity index is 1120. The van der Waals surface area contributed by atoms with E-state index in [2.05, 4.69) is 56.4 Å². The largest absolute Gasteiger partial charge is 0.496 e. The topological polar surface area (TPSA) is 30.5 Å². The van der Waals surface area contributed by atoms with Gasteiger partial charge in [-0.3, -0.25) is 0 Å². The fourth-order valence-electron chi connectivity index (χ4n) is 4.26. The maximum Gasteiger partial charge on any atom is 0.126 e. The van der Waals surface area contributed by atoms with Gasteiger partial charge in [-0.2, -0.15) is 0 Å². The molecular weight excluding hydrogens is 401 g/mol. The predicted molar refractivity (Wildman–Crippen MR) is 129 cm³/mol. The van der Waals surface area contributed by atoms with Crippen LogP contribution < -0.4 is 10.1 Å². The van der Waals surface area contributed by atoms with E-state index in [0.29, 0.717) is 12.4 Å². The van der Waals surface area contributed by atoms with E-state index in [1.807, 2.05) is 24.3 Å². The highest BCUT2D eigenvalue weighted by molar-refractivity contribution is 5.85. The van der Waals surface area contributed by atoms with Gasteiger partial charge in [0.05, 0.1) is 25.4 Å². The van der Waals surface area contributed by atoms with Crippen LogP contribution in [0.25, 0.3) is 16.7 Å². The predicted octanol–water partition coefficient (Wildman–Crippen LogP) is 7.26. The van der Waals surface area contributed by atoms with Gasteiger partial charge in [0.25, 0.3) is 0 Å². The first-order chi connectivity index (χ1) is 15.4. The molecule has 1 aliphatic heterocycles. The van der Waals surface area contributed by atoms with Gasteiger partial charge in [0, 0.05) is 16.8 Å². The molecule has 4 heteroatoms. The van der Waals surface area contributed by atoms with E-state index in [9.17, 15) is 4.39 Å². The molecule has 166 valence electrons. The first kappa shape index (κ1) is 22.1. The minimum Gasteiger partial charge on any atom is -0.496 e. The lowest BCUT2D eigenvalue weighted by Crippen LogP contribution is -2.32. The smallest absolute Gasteiger partial charge is 0.126 e. The third-order valence-electron chi connectivity index (χ3n) is 5.84. The SMILES string of the molecule is COc1ccc(F)cc1-c1ccc2c(c1)C(CCOC(C)c1ccccc1)=CC(C)(C)N2. The summed E-state index contributed by atoms with van der Waals surface area (Å²) in [5.41, 5.74) is 6.09. The summed E-state index contributed by atoms with van der Waals surface area (Å²) in [4.78, 5) is 0. The van der Waals surface area contributed by atoms with Crippen LogP contribution in [0.5, 0.6) is 5.75 Å². The normalized spacial score (nSPS) is 15.3. The molecule has 1 N–H and O–H groups in total. The minimum absolute atomic E-state index is 0.0360. The van der Waals surface area contributed by atoms with Gasteiger partial charge in [-0.25, -0.2) is 4.39 Å². The lowest BCUT2D eigenvalue weighted by Gasteiger charge is -2.33. The number of nitrogens with one attached hydrogen (secondary N) is 1. The van der Waals surface area contributed by atoms with E-state index in [1.54, 1.807) is 13.2 Å². The summed E-state index contributed by atoms with van der Waals surface area (Å²) in [6.07, 6.45) is 3.09. The number of halogens is 1. The van der Waals surface area contributed by atoms with E-state index in [1.165, 1.54) is 23.3 Å². The van der Waals surface area contributed by atoms with Crippen molar-refractivity contribution in [2.45, 2.75) is 38.8 Å². The second-order valence-electron chi connectivity index (χ2n) is 8.79. The van der Waals surface area contributed by atoms with Gasteiger partial charge in [-0.1, -0.05) is 42.5 Å². The zero-order valence-corrected chi connectivity index (χ0v) is 19.1. The van der Waals surface area contributed by atoms with E-state index < -0.39 is 0 Å². The molecule has 0 bridgehead atoms. The summed E-state index contributed by atoms with van der Waals surface area (Å²) in [5, 5.41) is 3.59. The highest BCUT2D eigenvalue weighted by Gasteiger charge is 2.25. The fourth-order valence-corrected chi connectivity index (χ4v) is 4.26. The summed E-state index contributed by atoms with van der Waals surface area (Å²) in [6, 6.07) is 21.1. The van der Waals surface area contributed by atoms with Crippen LogP contribution in [0.15, 0.2) is 72.8 Å². The quantitative estimate of drug-likeness (QED) is 0.427. The van der Waals surface area contributed by atoms with Crippen LogP contribution in [0.2, 0.25) is 0 Å². The fraction of sp³-hybridized carbons (Fsp3) is 0.286. The monoisotopic (exact) mass is 431 g/mol. The van der Waals surface area contributed by atoms with E-state index in [-0.39, 0.29) is 17.5 Å². The number of benzene rings is 3. The molecule has 0 saturated carbocycles. The number of ether oxygens (including phenoxy) is 2. The minimum atomic E-state index is -0.281. The third-order valence-corrected chi connectivity index (χ3v) is 5.84. The Kier molecular flexibility index (Phi) is 6.33. The molecule has 1 atom stereocenters. The number of hydrogen-bond acceptors (Lipinski definition) is 3. The van der Waals surface area contributed by atoms with Crippen molar-refractivity contribution in [1.82, 2.24) is 0 Å². The number of anilines is 1. The van der Waals surface area contributed by atoms with Gasteiger partial charge in [0.2, 0.25) is 0 Å². The Morgan fingerprint density at radius 1 is 0.969 bits per heavy atom. The molecular formula is C28H30FNO2. The molecule has 0 saturated heterocycles. The summed E-state index contributed by atoms with van der Waals surface area (Å²) < 4.78 is 25.6. The van der Waals surface area contributed by atoms with Gasteiger partial charge in [0.15, 0.2) is 0 Å². The number of methoxy groups -OCH3 is 1. The molecule has 0 spiro atoms. The Morgan fingerprint density at radius 3 is 2.50 bits per heavy atom. The molecule has 4 rings (SSSR count). The lowest BCUT2D eigenvalue weighted by molar-refractivity contribution is 0.0702. The van der Waals surface area contributed by atoms with Crippen LogP contribution in [0.1, 0.15) is 44.4 Å². The van der Waals surface area contributed by atoms with Gasteiger partial charge in [-0.05, 0) is 74.2 Å². The molecule has 1 heterocycles. The van der Waals surface area contributed by atoms with Crippen molar-refractivity contribution in [3.8, 4) is 16.9 Å². The van der Waals surface area contributed by atoms with E-state index in [4.69, 9.17) is 9.47 Å². The summed E-state index contributed by atoms with van der Waals surface area (Å²) in [7, 11) is 1.61. The molecule has 0 fully saturated rings. The van der Waals surface area contributed by atoms with Crippen LogP contribution in [-0.4, -0.2) is 19.3 Å². The van der Waals surface area contributed by atoms with Gasteiger partial charge < -0.3 is 14.8 Å². The van der Waals surface area contributed by atoms with Crippen molar-refractivity contribution in [2.24, 2.45) is 0 Å². The molecule has 1 unspecified atom stereocenters. The first-order valence-electron chi connectivity index (χ1n) is 11.0. The number of rotatable bonds is 7. The number of hydrogen-bond donors (Lipinski definition) is 1. The van der Waals surface area contributed by atoms with Crippen LogP contribution in [0.4, 0.5) is 10.1 Å². The highest BCUT2D eigenvalue weighted by Crippen LogP contribution is 2.40. The van der Waals surface area contributed by atoms with Crippen molar-refractivity contribution < 1.29 is 13.9 Å². The zero-order chi connectivity index (χ0) is 22.7. The van der Waals surface area contributed by atoms with Crippen LogP contribution in [0.3, 0.4) is 0 Å². The van der Waals surface area contributed by atoms with Gasteiger partial charge in [0.1, 0.15) is 11.6 Å². The summed E-state index contributed by atoms with van der Waals surface area (Å²) >= 11 is 0. The number of fused-ring (bicyclic) bond motifs is 1. The van der Waals surface area contributed by atoms with Crippen molar-refractivity contribution in [2.75, 3.05) is 19.0 Å². The summed E-state index contributed by atoms with van der Waals surface area (Å²) in [6.45, 7) is 7.02. The Labute approximate surface area is 189 Å². The highest BCUT2D eigenvalue weighted by atomic mass is 19.1. The first-order valence-corrected chi connectivity index (χ1v) is 11.0. The molecule has 0 amide bonds. The molecule has 0 aliphatic carbocycles. The van der Waals surface area contributed by atoms with Crippen molar-refractivity contribution >= 4 is 11.3 Å². The van der Waals surface area contributed by atoms with Crippen molar-refractivity contribution in [1.29, 1.82) is 0 Å². The van der Waals surface area contributed by atoms with Crippen LogP contribution >= 0.6 is 0 Å². The maximum atomic E-state index is 14.0. The molecule has 0 aromatic heterocycles. The van der Waals surface area contributed by atoms with Gasteiger partial charge in [-0.15, -0.1) is 0 Å². The zero-order valence-electron chi connectivity index (χ0n) is 19.1. The lowest BCUT2D eigenvalue weighted by atomic mass is 9.87. The Balaban J connectivity index is 1.59. The second-order valence-corrected chi connectivity index (χ2v) is 8.79. The van der Waals surface area contributed by atoms with E-state index >= 15 is 0 Å². The average molecular weight is 432 g/mol. The average Bonchev–Trinajstić information content (AvgIpc) is 2.78. The molecule has 1 aliphatic rings. The second kappa shape index (κ2) is 9.17. The third kappa shape index (κ3) is 4.86. The van der Waals surface area contributed by atoms with Gasteiger partial charge >= 0.3 is 0 Å². The molecule has 3 aromatic carbocycles. The van der Waals surface area contributed by atoms with Crippen molar-refractivity contribution in [3.63, 3.8) is 0 Å². The molecule has 0 radical (unpaired) electrons. The van der Waals surface area contributed by atoms with E-state index in [0.717, 1.165) is 28.8 Å².